The van der Waals surface area contributed by atoms with Crippen molar-refractivity contribution in [2.24, 2.45) is 0 Å². The van der Waals surface area contributed by atoms with Crippen LogP contribution in [-0.4, -0.2) is 4.43 Å². The number of hydrogen-bond acceptors (Lipinski definition) is 5. The standard InChI is InChI=1S/C30H22I2O5/c33-31(25-14-5-1-10-21(25)23-12-3-7-16-28(23)36-31)20-27(30-18-9-19-35-30)32(34)26-15-6-2-11-22(26)24-13-4-8-17-29(24)37-32/h1-19,27H,20H2. The Morgan fingerprint density at radius 3 is 1.76 bits per heavy atom. The van der Waals surface area contributed by atoms with E-state index in [-0.39, 0.29) is 4.43 Å². The zero-order chi connectivity index (χ0) is 25.0. The molecule has 186 valence electrons. The van der Waals surface area contributed by atoms with Crippen LogP contribution in [0.1, 0.15) is 9.68 Å². The summed E-state index contributed by atoms with van der Waals surface area (Å²) in [6.07, 6.45) is 1.56. The number of furan rings is 1. The number of para-hydroxylation sites is 2. The predicted molar refractivity (Wildman–Crippen MR) is 158 cm³/mol. The van der Waals surface area contributed by atoms with E-state index in [2.05, 4.69) is 0 Å². The maximum absolute atomic E-state index is 15.2. The maximum atomic E-state index is 15.2. The van der Waals surface area contributed by atoms with Crippen molar-refractivity contribution in [1.82, 2.24) is 0 Å². The molecule has 5 nitrogen and oxygen atoms in total. The minimum atomic E-state index is -4.65. The molecule has 5 aromatic rings. The van der Waals surface area contributed by atoms with E-state index in [4.69, 9.17) is 10.5 Å². The van der Waals surface area contributed by atoms with E-state index in [1.165, 1.54) is 0 Å². The average Bonchev–Trinajstić information content (AvgIpc) is 3.47. The Kier molecular flexibility index (Phi) is 5.40. The van der Waals surface area contributed by atoms with Crippen molar-refractivity contribution < 1.29 is 16.7 Å². The van der Waals surface area contributed by atoms with Crippen molar-refractivity contribution in [3.8, 4) is 33.8 Å². The van der Waals surface area contributed by atoms with Gasteiger partial charge in [0.2, 0.25) is 0 Å². The average molecular weight is 716 g/mol. The molecule has 0 aliphatic carbocycles. The van der Waals surface area contributed by atoms with Crippen LogP contribution in [0.2, 0.25) is 0 Å². The van der Waals surface area contributed by atoms with Gasteiger partial charge in [-0.25, -0.2) is 0 Å². The second kappa shape index (κ2) is 8.70. The van der Waals surface area contributed by atoms with Crippen LogP contribution in [0.15, 0.2) is 120 Å². The molecular formula is C30H22I2O5. The van der Waals surface area contributed by atoms with E-state index < -0.39 is 41.6 Å². The summed E-state index contributed by atoms with van der Waals surface area (Å²) in [4.78, 5) is 0. The van der Waals surface area contributed by atoms with Crippen molar-refractivity contribution in [3.05, 3.63) is 128 Å². The molecular weight excluding hydrogens is 694 g/mol. The van der Waals surface area contributed by atoms with Gasteiger partial charge in [0.05, 0.1) is 0 Å². The molecule has 4 aromatic carbocycles. The number of rotatable bonds is 4. The summed E-state index contributed by atoms with van der Waals surface area (Å²) in [6, 6.07) is 34.2. The quantitative estimate of drug-likeness (QED) is 0.138. The van der Waals surface area contributed by atoms with Crippen LogP contribution in [0.4, 0.5) is 0 Å². The van der Waals surface area contributed by atoms with Gasteiger partial charge < -0.3 is 0 Å². The van der Waals surface area contributed by atoms with E-state index in [0.29, 0.717) is 24.4 Å². The third-order valence-corrected chi connectivity index (χ3v) is 21.0. The van der Waals surface area contributed by atoms with Crippen LogP contribution < -0.4 is 6.13 Å². The van der Waals surface area contributed by atoms with Crippen LogP contribution in [0.25, 0.3) is 22.3 Å². The first-order valence-corrected chi connectivity index (χ1v) is 20.2. The first-order valence-electron chi connectivity index (χ1n) is 11.8. The van der Waals surface area contributed by atoms with Gasteiger partial charge in [-0.15, -0.1) is 0 Å². The van der Waals surface area contributed by atoms with E-state index in [1.807, 2.05) is 97.1 Å². The van der Waals surface area contributed by atoms with Crippen molar-refractivity contribution in [1.29, 1.82) is 0 Å². The molecule has 7 heteroatoms. The van der Waals surface area contributed by atoms with E-state index in [1.54, 1.807) is 18.4 Å². The molecule has 3 heterocycles. The molecule has 0 amide bonds. The van der Waals surface area contributed by atoms with Gasteiger partial charge in [-0.2, -0.15) is 0 Å². The van der Waals surface area contributed by atoms with E-state index in [9.17, 15) is 3.07 Å². The predicted octanol–water partition coefficient (Wildman–Crippen LogP) is 8.78. The van der Waals surface area contributed by atoms with Crippen LogP contribution >= 0.6 is 37.7 Å². The molecule has 2 aliphatic rings. The molecule has 0 spiro atoms. The molecule has 0 saturated heterocycles. The van der Waals surface area contributed by atoms with Crippen molar-refractivity contribution in [2.45, 2.75) is 3.92 Å². The molecule has 0 bridgehead atoms. The summed E-state index contributed by atoms with van der Waals surface area (Å²) in [5.74, 6) is 1.66. The van der Waals surface area contributed by atoms with Crippen molar-refractivity contribution >= 4 is 37.7 Å². The molecule has 2 aliphatic heterocycles. The number of halogens is 2. The van der Waals surface area contributed by atoms with Gasteiger partial charge in [-0.1, -0.05) is 0 Å². The molecule has 3 atom stereocenters. The van der Waals surface area contributed by atoms with Crippen molar-refractivity contribution in [3.63, 3.8) is 0 Å². The summed E-state index contributed by atoms with van der Waals surface area (Å²) in [6.45, 7) is 0. The third-order valence-electron chi connectivity index (χ3n) is 6.64. The Morgan fingerprint density at radius 2 is 1.11 bits per heavy atom. The van der Waals surface area contributed by atoms with E-state index in [0.717, 1.165) is 22.3 Å². The Bertz CT molecular complexity index is 1740. The Labute approximate surface area is 223 Å². The SMILES string of the molecule is O=I1(CC(c2ccco2)I2(=O)Oc3ccccc3-c3ccccc32)Oc2ccccc2-c2ccccc21. The Hall–Kier alpha value is -3.18. The Balaban J connectivity index is 1.41. The minimum absolute atomic E-state index is 0.0575. The second-order valence-corrected chi connectivity index (χ2v) is 20.5. The molecule has 3 unspecified atom stereocenters. The van der Waals surface area contributed by atoms with Gasteiger partial charge >= 0.3 is 225 Å². The zero-order valence-corrected chi connectivity index (χ0v) is 23.9. The van der Waals surface area contributed by atoms with E-state index >= 15 is 3.07 Å². The van der Waals surface area contributed by atoms with Gasteiger partial charge in [0.1, 0.15) is 0 Å². The normalized spacial score (nSPS) is 25.3. The fourth-order valence-corrected chi connectivity index (χ4v) is 22.5. The molecule has 0 saturated carbocycles. The summed E-state index contributed by atoms with van der Waals surface area (Å²) in [5, 5.41) is 0. The molecule has 37 heavy (non-hydrogen) atoms. The van der Waals surface area contributed by atoms with Crippen molar-refractivity contribution in [2.75, 3.05) is 4.43 Å². The monoisotopic (exact) mass is 716 g/mol. The fraction of sp³-hybridized carbons (Fsp3) is 0.0667. The van der Waals surface area contributed by atoms with Gasteiger partial charge in [-0.3, -0.25) is 0 Å². The topological polar surface area (TPSA) is 65.7 Å². The zero-order valence-electron chi connectivity index (χ0n) is 19.6. The third kappa shape index (κ3) is 3.62. The van der Waals surface area contributed by atoms with Gasteiger partial charge in [0.25, 0.3) is 0 Å². The molecule has 0 radical (unpaired) electrons. The first-order chi connectivity index (χ1) is 18.1. The summed E-state index contributed by atoms with van der Waals surface area (Å²) in [7, 11) is 0. The number of alkyl halides is 2. The van der Waals surface area contributed by atoms with Gasteiger partial charge in [0, 0.05) is 0 Å². The number of benzene rings is 4. The van der Waals surface area contributed by atoms with Gasteiger partial charge in [0.15, 0.2) is 0 Å². The molecule has 0 fully saturated rings. The summed E-state index contributed by atoms with van der Waals surface area (Å²) >= 11 is -9.13. The molecule has 1 aromatic heterocycles. The fourth-order valence-electron chi connectivity index (χ4n) is 4.95. The molecule has 0 N–H and O–H groups in total. The van der Waals surface area contributed by atoms with Crippen LogP contribution in [-0.2, 0) is 6.14 Å². The van der Waals surface area contributed by atoms with Crippen LogP contribution in [0.3, 0.4) is 0 Å². The number of hydrogen-bond donors (Lipinski definition) is 0. The first kappa shape index (κ1) is 23.0. The molecule has 7 rings (SSSR count). The summed E-state index contributed by atoms with van der Waals surface area (Å²) < 4.78 is 49.5. The second-order valence-electron chi connectivity index (χ2n) is 8.82. The van der Waals surface area contributed by atoms with Crippen LogP contribution in [0, 0.1) is 7.14 Å². The van der Waals surface area contributed by atoms with Crippen LogP contribution in [0.5, 0.6) is 11.5 Å². The number of fused-ring (bicyclic) bond motifs is 6. The van der Waals surface area contributed by atoms with Gasteiger partial charge in [-0.05, 0) is 0 Å². The Morgan fingerprint density at radius 1 is 0.568 bits per heavy atom. The summed E-state index contributed by atoms with van der Waals surface area (Å²) in [5.41, 5.74) is 3.59.